The highest BCUT2D eigenvalue weighted by atomic mass is 16.2. The topological polar surface area (TPSA) is 41.1 Å². The number of carbonyl (C=O) groups is 1. The van der Waals surface area contributed by atoms with Gasteiger partial charge in [-0.3, -0.25) is 0 Å². The van der Waals surface area contributed by atoms with Gasteiger partial charge in [-0.2, -0.15) is 0 Å². The van der Waals surface area contributed by atoms with Crippen LogP contribution < -0.4 is 10.6 Å². The minimum atomic E-state index is -0.160. The summed E-state index contributed by atoms with van der Waals surface area (Å²) in [7, 11) is 0. The summed E-state index contributed by atoms with van der Waals surface area (Å²) in [5.74, 6) is 0. The zero-order valence-corrected chi connectivity index (χ0v) is 12.3. The highest BCUT2D eigenvalue weighted by molar-refractivity contribution is 5.74. The van der Waals surface area contributed by atoms with E-state index < -0.39 is 0 Å². The lowest BCUT2D eigenvalue weighted by Gasteiger charge is -2.11. The van der Waals surface area contributed by atoms with Gasteiger partial charge in [-0.1, -0.05) is 56.7 Å². The van der Waals surface area contributed by atoms with Gasteiger partial charge in [-0.15, -0.1) is 0 Å². The van der Waals surface area contributed by atoms with Crippen molar-refractivity contribution >= 4 is 6.03 Å². The zero-order chi connectivity index (χ0) is 14.3. The predicted octanol–water partition coefficient (Wildman–Crippen LogP) is 3.40. The summed E-state index contributed by atoms with van der Waals surface area (Å²) in [6.07, 6.45) is 4.50. The number of benzene rings is 1. The lowest BCUT2D eigenvalue weighted by molar-refractivity contribution is 0.244. The zero-order valence-electron chi connectivity index (χ0n) is 12.3. The van der Waals surface area contributed by atoms with Crippen molar-refractivity contribution in [3.05, 3.63) is 47.7 Å². The van der Waals surface area contributed by atoms with Crippen LogP contribution in [-0.4, -0.2) is 12.6 Å². The van der Waals surface area contributed by atoms with Gasteiger partial charge in [0.05, 0.1) is 0 Å². The molecule has 3 nitrogen and oxygen atoms in total. The Morgan fingerprint density at radius 1 is 1.21 bits per heavy atom. The second-order valence-corrected chi connectivity index (χ2v) is 5.84. The predicted molar refractivity (Wildman–Crippen MR) is 80.0 cm³/mol. The minimum Gasteiger partial charge on any atom is -0.338 e. The van der Waals surface area contributed by atoms with E-state index in [9.17, 15) is 4.79 Å². The van der Waals surface area contributed by atoms with Gasteiger partial charge in [0.1, 0.15) is 0 Å². The first-order chi connectivity index (χ1) is 8.87. The molecule has 1 aromatic carbocycles. The van der Waals surface area contributed by atoms with Crippen LogP contribution in [0.5, 0.6) is 0 Å². The Labute approximate surface area is 116 Å². The standard InChI is InChI=1S/C16H24N2O/c1-13-5-7-14(8-6-13)9-11-17-15(19)18-12-10-16(2,3)4/h5-8,10,12H,9,11H2,1-4H3,(H2,17,18,19)/b12-10+. The molecule has 1 aromatic rings. The molecule has 0 aliphatic rings. The van der Waals surface area contributed by atoms with Crippen LogP contribution in [0.4, 0.5) is 4.79 Å². The number of aryl methyl sites for hydroxylation is 1. The molecule has 104 valence electrons. The average molecular weight is 260 g/mol. The van der Waals surface area contributed by atoms with E-state index in [1.165, 1.54) is 11.1 Å². The van der Waals surface area contributed by atoms with Crippen LogP contribution in [0.25, 0.3) is 0 Å². The first-order valence-electron chi connectivity index (χ1n) is 6.64. The maximum Gasteiger partial charge on any atom is 0.318 e. The highest BCUT2D eigenvalue weighted by Crippen LogP contribution is 2.13. The summed E-state index contributed by atoms with van der Waals surface area (Å²) >= 11 is 0. The van der Waals surface area contributed by atoms with E-state index in [1.54, 1.807) is 6.20 Å². The molecular formula is C16H24N2O. The van der Waals surface area contributed by atoms with Crippen molar-refractivity contribution in [1.29, 1.82) is 0 Å². The van der Waals surface area contributed by atoms with Gasteiger partial charge in [0.2, 0.25) is 0 Å². The molecule has 0 atom stereocenters. The number of urea groups is 1. The molecule has 0 unspecified atom stereocenters. The molecule has 2 amide bonds. The number of hydrogen-bond acceptors (Lipinski definition) is 1. The smallest absolute Gasteiger partial charge is 0.318 e. The van der Waals surface area contributed by atoms with Crippen molar-refractivity contribution in [2.24, 2.45) is 5.41 Å². The van der Waals surface area contributed by atoms with E-state index in [0.717, 1.165) is 6.42 Å². The minimum absolute atomic E-state index is 0.0786. The largest absolute Gasteiger partial charge is 0.338 e. The molecule has 0 bridgehead atoms. The summed E-state index contributed by atoms with van der Waals surface area (Å²) in [5.41, 5.74) is 2.56. The molecule has 19 heavy (non-hydrogen) atoms. The number of nitrogens with one attached hydrogen (secondary N) is 2. The normalized spacial score (nSPS) is 11.6. The van der Waals surface area contributed by atoms with Gasteiger partial charge < -0.3 is 10.6 Å². The van der Waals surface area contributed by atoms with Crippen LogP contribution in [0.3, 0.4) is 0 Å². The van der Waals surface area contributed by atoms with Gasteiger partial charge in [-0.05, 0) is 24.3 Å². The average Bonchev–Trinajstić information content (AvgIpc) is 2.30. The van der Waals surface area contributed by atoms with Crippen LogP contribution in [-0.2, 0) is 6.42 Å². The van der Waals surface area contributed by atoms with Gasteiger partial charge in [0, 0.05) is 12.7 Å². The van der Waals surface area contributed by atoms with Crippen molar-refractivity contribution < 1.29 is 4.79 Å². The Balaban J connectivity index is 2.24. The fourth-order valence-corrected chi connectivity index (χ4v) is 1.49. The Morgan fingerprint density at radius 3 is 2.42 bits per heavy atom. The summed E-state index contributed by atoms with van der Waals surface area (Å²) < 4.78 is 0. The molecule has 0 aromatic heterocycles. The SMILES string of the molecule is Cc1ccc(CCNC(=O)N/C=C/C(C)(C)C)cc1. The first kappa shape index (κ1) is 15.3. The molecule has 0 aliphatic carbocycles. The van der Waals surface area contributed by atoms with Crippen molar-refractivity contribution in [3.8, 4) is 0 Å². The summed E-state index contributed by atoms with van der Waals surface area (Å²) in [4.78, 5) is 11.5. The maximum absolute atomic E-state index is 11.5. The number of carbonyl (C=O) groups excluding carboxylic acids is 1. The molecule has 0 saturated carbocycles. The van der Waals surface area contributed by atoms with Crippen LogP contribution in [0.15, 0.2) is 36.5 Å². The first-order valence-corrected chi connectivity index (χ1v) is 6.64. The third-order valence-corrected chi connectivity index (χ3v) is 2.62. The second kappa shape index (κ2) is 6.98. The van der Waals surface area contributed by atoms with Gasteiger partial charge in [0.15, 0.2) is 0 Å². The molecule has 0 aliphatic heterocycles. The summed E-state index contributed by atoms with van der Waals surface area (Å²) in [6, 6.07) is 8.19. The molecule has 2 N–H and O–H groups in total. The van der Waals surface area contributed by atoms with Crippen LogP contribution in [0.1, 0.15) is 31.9 Å². The lowest BCUT2D eigenvalue weighted by atomic mass is 9.97. The van der Waals surface area contributed by atoms with Gasteiger partial charge in [-0.25, -0.2) is 4.79 Å². The molecule has 1 rings (SSSR count). The van der Waals surface area contributed by atoms with Gasteiger partial charge in [0.25, 0.3) is 0 Å². The molecule has 0 spiro atoms. The lowest BCUT2D eigenvalue weighted by Crippen LogP contribution is -2.33. The summed E-state index contributed by atoms with van der Waals surface area (Å²) in [6.45, 7) is 8.96. The van der Waals surface area contributed by atoms with Gasteiger partial charge >= 0.3 is 6.03 Å². The number of rotatable bonds is 4. The molecule has 0 saturated heterocycles. The fourth-order valence-electron chi connectivity index (χ4n) is 1.49. The van der Waals surface area contributed by atoms with E-state index in [-0.39, 0.29) is 11.4 Å². The van der Waals surface area contributed by atoms with E-state index in [1.807, 2.05) is 6.08 Å². The monoisotopic (exact) mass is 260 g/mol. The molecular weight excluding hydrogens is 236 g/mol. The van der Waals surface area contributed by atoms with Crippen LogP contribution in [0.2, 0.25) is 0 Å². The number of allylic oxidation sites excluding steroid dienone is 1. The quantitative estimate of drug-likeness (QED) is 0.856. The highest BCUT2D eigenvalue weighted by Gasteiger charge is 2.04. The van der Waals surface area contributed by atoms with Crippen LogP contribution >= 0.6 is 0 Å². The fraction of sp³-hybridized carbons (Fsp3) is 0.438. The Bertz CT molecular complexity index is 427. The van der Waals surface area contributed by atoms with Crippen molar-refractivity contribution in [3.63, 3.8) is 0 Å². The molecule has 0 fully saturated rings. The van der Waals surface area contributed by atoms with Crippen molar-refractivity contribution in [2.45, 2.75) is 34.1 Å². The van der Waals surface area contributed by atoms with E-state index in [4.69, 9.17) is 0 Å². The van der Waals surface area contributed by atoms with Crippen LogP contribution in [0, 0.1) is 12.3 Å². The third-order valence-electron chi connectivity index (χ3n) is 2.62. The Kier molecular flexibility index (Phi) is 5.61. The number of amides is 2. The van der Waals surface area contributed by atoms with Crippen molar-refractivity contribution in [2.75, 3.05) is 6.54 Å². The number of hydrogen-bond donors (Lipinski definition) is 2. The van der Waals surface area contributed by atoms with E-state index in [2.05, 4.69) is 62.6 Å². The molecule has 3 heteroatoms. The third kappa shape index (κ3) is 7.29. The summed E-state index contributed by atoms with van der Waals surface area (Å²) in [5, 5.41) is 5.53. The Morgan fingerprint density at radius 2 is 1.84 bits per heavy atom. The van der Waals surface area contributed by atoms with E-state index in [0.29, 0.717) is 6.54 Å². The maximum atomic E-state index is 11.5. The second-order valence-electron chi connectivity index (χ2n) is 5.84. The molecule has 0 radical (unpaired) electrons. The Hall–Kier alpha value is -1.77. The van der Waals surface area contributed by atoms with Crippen molar-refractivity contribution in [1.82, 2.24) is 10.6 Å². The molecule has 0 heterocycles. The van der Waals surface area contributed by atoms with E-state index >= 15 is 0 Å².